The van der Waals surface area contributed by atoms with Crippen molar-refractivity contribution in [2.45, 2.75) is 84.5 Å². The SMILES string of the molecule is CC(C)(C)OC(=O)CCCNC(=O)CCC(N)C(=O)OC(C)(C)C. The van der Waals surface area contributed by atoms with E-state index in [0.29, 0.717) is 13.0 Å². The predicted octanol–water partition coefficient (Wildman–Crippen LogP) is 1.67. The van der Waals surface area contributed by atoms with Gasteiger partial charge in [-0.1, -0.05) is 0 Å². The van der Waals surface area contributed by atoms with Gasteiger partial charge in [-0.2, -0.15) is 0 Å². The number of hydrogen-bond donors (Lipinski definition) is 2. The van der Waals surface area contributed by atoms with E-state index >= 15 is 0 Å². The molecule has 1 atom stereocenters. The van der Waals surface area contributed by atoms with Crippen LogP contribution in [0.3, 0.4) is 0 Å². The standard InChI is InChI=1S/C17H32N2O5/c1-16(2,3)23-14(21)8-7-11-19-13(20)10-9-12(18)15(22)24-17(4,5)6/h12H,7-11,18H2,1-6H3,(H,19,20). The maximum Gasteiger partial charge on any atom is 0.323 e. The lowest BCUT2D eigenvalue weighted by molar-refractivity contribution is -0.157. The first kappa shape index (κ1) is 22.4. The molecule has 7 heteroatoms. The van der Waals surface area contributed by atoms with Gasteiger partial charge in [0, 0.05) is 19.4 Å². The highest BCUT2D eigenvalue weighted by atomic mass is 16.6. The third-order valence-corrected chi connectivity index (χ3v) is 2.69. The molecule has 0 heterocycles. The van der Waals surface area contributed by atoms with Gasteiger partial charge < -0.3 is 20.5 Å². The van der Waals surface area contributed by atoms with E-state index in [1.165, 1.54) is 0 Å². The Kier molecular flexibility index (Phi) is 8.96. The van der Waals surface area contributed by atoms with Crippen LogP contribution in [-0.2, 0) is 23.9 Å². The van der Waals surface area contributed by atoms with Crippen LogP contribution < -0.4 is 11.1 Å². The van der Waals surface area contributed by atoms with Crippen molar-refractivity contribution in [1.29, 1.82) is 0 Å². The predicted molar refractivity (Wildman–Crippen MR) is 91.1 cm³/mol. The molecule has 1 unspecified atom stereocenters. The number of hydrogen-bond acceptors (Lipinski definition) is 6. The number of amides is 1. The first-order chi connectivity index (χ1) is 10.8. The molecule has 0 saturated heterocycles. The van der Waals surface area contributed by atoms with Crippen LogP contribution in [-0.4, -0.2) is 41.6 Å². The third-order valence-electron chi connectivity index (χ3n) is 2.69. The maximum absolute atomic E-state index is 11.7. The van der Waals surface area contributed by atoms with E-state index < -0.39 is 23.2 Å². The Bertz CT molecular complexity index is 435. The molecule has 24 heavy (non-hydrogen) atoms. The highest BCUT2D eigenvalue weighted by molar-refractivity contribution is 5.79. The molecule has 0 radical (unpaired) electrons. The van der Waals surface area contributed by atoms with Gasteiger partial charge in [0.05, 0.1) is 0 Å². The summed E-state index contributed by atoms with van der Waals surface area (Å²) in [6.45, 7) is 11.1. The molecule has 3 N–H and O–H groups in total. The zero-order valence-corrected chi connectivity index (χ0v) is 15.7. The Morgan fingerprint density at radius 1 is 0.958 bits per heavy atom. The highest BCUT2D eigenvalue weighted by Gasteiger charge is 2.22. The van der Waals surface area contributed by atoms with Crippen LogP contribution in [0.25, 0.3) is 0 Å². The zero-order chi connectivity index (χ0) is 19.0. The fourth-order valence-electron chi connectivity index (χ4n) is 1.72. The molecule has 0 bridgehead atoms. The van der Waals surface area contributed by atoms with Crippen LogP contribution in [0.1, 0.15) is 67.2 Å². The number of carbonyl (C=O) groups excluding carboxylic acids is 3. The summed E-state index contributed by atoms with van der Waals surface area (Å²) in [4.78, 5) is 34.9. The fourth-order valence-corrected chi connectivity index (χ4v) is 1.72. The molecule has 0 aliphatic heterocycles. The molecule has 7 nitrogen and oxygen atoms in total. The lowest BCUT2D eigenvalue weighted by atomic mass is 10.1. The van der Waals surface area contributed by atoms with Gasteiger partial charge in [-0.25, -0.2) is 0 Å². The Morgan fingerprint density at radius 3 is 2.00 bits per heavy atom. The van der Waals surface area contributed by atoms with E-state index in [9.17, 15) is 14.4 Å². The van der Waals surface area contributed by atoms with Crippen LogP contribution in [0.15, 0.2) is 0 Å². The molecule has 0 aliphatic rings. The molecule has 0 aromatic carbocycles. The van der Waals surface area contributed by atoms with Crippen LogP contribution in [0.5, 0.6) is 0 Å². The van der Waals surface area contributed by atoms with E-state index in [2.05, 4.69) is 5.32 Å². The summed E-state index contributed by atoms with van der Waals surface area (Å²) >= 11 is 0. The van der Waals surface area contributed by atoms with Gasteiger partial charge in [-0.15, -0.1) is 0 Å². The molecule has 0 fully saturated rings. The summed E-state index contributed by atoms with van der Waals surface area (Å²) in [5.41, 5.74) is 4.61. The van der Waals surface area contributed by atoms with Crippen LogP contribution >= 0.6 is 0 Å². The number of ether oxygens (including phenoxy) is 2. The number of nitrogens with one attached hydrogen (secondary N) is 1. The molecule has 0 saturated carbocycles. The highest BCUT2D eigenvalue weighted by Crippen LogP contribution is 2.10. The topological polar surface area (TPSA) is 108 Å². The smallest absolute Gasteiger partial charge is 0.323 e. The van der Waals surface area contributed by atoms with E-state index in [0.717, 1.165) is 0 Å². The van der Waals surface area contributed by atoms with E-state index in [1.807, 2.05) is 0 Å². The molecule has 0 spiro atoms. The van der Waals surface area contributed by atoms with Crippen molar-refractivity contribution >= 4 is 17.8 Å². The van der Waals surface area contributed by atoms with Crippen molar-refractivity contribution in [3.05, 3.63) is 0 Å². The maximum atomic E-state index is 11.7. The lowest BCUT2D eigenvalue weighted by Crippen LogP contribution is -2.38. The van der Waals surface area contributed by atoms with Gasteiger partial charge in [0.25, 0.3) is 0 Å². The molecule has 0 aromatic rings. The number of nitrogens with two attached hydrogens (primary N) is 1. The second kappa shape index (κ2) is 9.61. The van der Waals surface area contributed by atoms with Gasteiger partial charge in [-0.3, -0.25) is 14.4 Å². The number of rotatable bonds is 8. The monoisotopic (exact) mass is 344 g/mol. The summed E-state index contributed by atoms with van der Waals surface area (Å²) in [5.74, 6) is -1.01. The van der Waals surface area contributed by atoms with Gasteiger partial charge in [0.15, 0.2) is 0 Å². The van der Waals surface area contributed by atoms with Crippen molar-refractivity contribution in [1.82, 2.24) is 5.32 Å². The van der Waals surface area contributed by atoms with Crippen molar-refractivity contribution in [2.75, 3.05) is 6.54 Å². The molecule has 140 valence electrons. The Morgan fingerprint density at radius 2 is 1.50 bits per heavy atom. The minimum atomic E-state index is -0.822. The largest absolute Gasteiger partial charge is 0.460 e. The summed E-state index contributed by atoms with van der Waals surface area (Å²) in [7, 11) is 0. The molecular weight excluding hydrogens is 312 g/mol. The fraction of sp³-hybridized carbons (Fsp3) is 0.824. The lowest BCUT2D eigenvalue weighted by Gasteiger charge is -2.22. The summed E-state index contributed by atoms with van der Waals surface area (Å²) in [5, 5.41) is 2.69. The molecule has 1 amide bonds. The second-order valence-corrected chi connectivity index (χ2v) is 7.72. The number of carbonyl (C=O) groups is 3. The Labute approximate surface area is 144 Å². The third kappa shape index (κ3) is 12.9. The quantitative estimate of drug-likeness (QED) is 0.512. The first-order valence-corrected chi connectivity index (χ1v) is 8.27. The van der Waals surface area contributed by atoms with Crippen molar-refractivity contribution in [3.8, 4) is 0 Å². The van der Waals surface area contributed by atoms with Crippen LogP contribution in [0.4, 0.5) is 0 Å². The summed E-state index contributed by atoms with van der Waals surface area (Å²) < 4.78 is 10.3. The molecular formula is C17H32N2O5. The van der Waals surface area contributed by atoms with Crippen molar-refractivity contribution in [2.24, 2.45) is 5.73 Å². The molecule has 0 rings (SSSR count). The minimum Gasteiger partial charge on any atom is -0.460 e. The van der Waals surface area contributed by atoms with Crippen molar-refractivity contribution < 1.29 is 23.9 Å². The van der Waals surface area contributed by atoms with Gasteiger partial charge in [-0.05, 0) is 54.4 Å². The minimum absolute atomic E-state index is 0.132. The average Bonchev–Trinajstić information content (AvgIpc) is 2.37. The summed E-state index contributed by atoms with van der Waals surface area (Å²) in [6.07, 6.45) is 1.09. The Balaban J connectivity index is 3.88. The van der Waals surface area contributed by atoms with Gasteiger partial charge >= 0.3 is 11.9 Å². The van der Waals surface area contributed by atoms with Crippen LogP contribution in [0.2, 0.25) is 0 Å². The molecule has 0 aromatic heterocycles. The van der Waals surface area contributed by atoms with E-state index in [4.69, 9.17) is 15.2 Å². The second-order valence-electron chi connectivity index (χ2n) is 7.72. The van der Waals surface area contributed by atoms with Crippen LogP contribution in [0, 0.1) is 0 Å². The molecule has 0 aliphatic carbocycles. The van der Waals surface area contributed by atoms with Gasteiger partial charge in [0.2, 0.25) is 5.91 Å². The zero-order valence-electron chi connectivity index (χ0n) is 15.7. The average molecular weight is 344 g/mol. The van der Waals surface area contributed by atoms with Crippen molar-refractivity contribution in [3.63, 3.8) is 0 Å². The van der Waals surface area contributed by atoms with E-state index in [-0.39, 0.29) is 31.1 Å². The summed E-state index contributed by atoms with van der Waals surface area (Å²) in [6, 6.07) is -0.822. The van der Waals surface area contributed by atoms with Gasteiger partial charge in [0.1, 0.15) is 17.2 Å². The van der Waals surface area contributed by atoms with E-state index in [1.54, 1.807) is 41.5 Å². The number of esters is 2. The first-order valence-electron chi connectivity index (χ1n) is 8.27. The normalized spacial score (nSPS) is 13.1. The Hall–Kier alpha value is -1.63.